The van der Waals surface area contributed by atoms with Crippen molar-refractivity contribution in [1.82, 2.24) is 9.97 Å². The first-order chi connectivity index (χ1) is 8.02. The van der Waals surface area contributed by atoms with Crippen LogP contribution in [0, 0.1) is 11.3 Å². The molecule has 2 rings (SSSR count). The van der Waals surface area contributed by atoms with Crippen LogP contribution in [0.5, 0.6) is 0 Å². The molecule has 0 aromatic carbocycles. The quantitative estimate of drug-likeness (QED) is 0.821. The molecule has 0 saturated carbocycles. The molecule has 2 heterocycles. The molecule has 0 unspecified atom stereocenters. The summed E-state index contributed by atoms with van der Waals surface area (Å²) in [6.07, 6.45) is 4.25. The van der Waals surface area contributed by atoms with E-state index >= 15 is 0 Å². The van der Waals surface area contributed by atoms with Crippen LogP contribution in [0.15, 0.2) is 28.7 Å². The van der Waals surface area contributed by atoms with E-state index in [0.29, 0.717) is 10.6 Å². The van der Waals surface area contributed by atoms with E-state index in [1.807, 2.05) is 0 Å². The number of hydrogen-bond acceptors (Lipinski definition) is 6. The van der Waals surface area contributed by atoms with Crippen molar-refractivity contribution in [3.63, 3.8) is 0 Å². The maximum Gasteiger partial charge on any atom is 0.187 e. The molecular formula is C10H7N3O2S2. The number of pyridine rings is 1. The highest BCUT2D eigenvalue weighted by Crippen LogP contribution is 2.30. The van der Waals surface area contributed by atoms with E-state index in [1.165, 1.54) is 0 Å². The van der Waals surface area contributed by atoms with Gasteiger partial charge in [0.2, 0.25) is 0 Å². The molecule has 0 saturated heterocycles. The number of nitriles is 1. The fourth-order valence-electron chi connectivity index (χ4n) is 1.24. The largest absolute Gasteiger partial charge is 0.264 e. The summed E-state index contributed by atoms with van der Waals surface area (Å²) in [5.74, 6) is 0. The molecule has 5 nitrogen and oxygen atoms in total. The van der Waals surface area contributed by atoms with Gasteiger partial charge in [-0.2, -0.15) is 5.26 Å². The molecule has 17 heavy (non-hydrogen) atoms. The van der Waals surface area contributed by atoms with E-state index in [-0.39, 0.29) is 9.90 Å². The van der Waals surface area contributed by atoms with Crippen LogP contribution in [0.25, 0.3) is 10.6 Å². The average molecular weight is 265 g/mol. The molecule has 0 N–H and O–H groups in total. The highest BCUT2D eigenvalue weighted by atomic mass is 32.2. The number of sulfone groups is 1. The van der Waals surface area contributed by atoms with Gasteiger partial charge in [-0.3, -0.25) is 4.98 Å². The standard InChI is InChI=1S/C10H7N3O2S2/c1-17(14,15)10-8(5-11)13-9(16-10)7-3-2-4-12-6-7/h2-4,6H,1H3. The van der Waals surface area contributed by atoms with Crippen LogP contribution >= 0.6 is 11.3 Å². The molecule has 86 valence electrons. The zero-order valence-electron chi connectivity index (χ0n) is 8.78. The van der Waals surface area contributed by atoms with Crippen LogP contribution in [0.3, 0.4) is 0 Å². The minimum atomic E-state index is -3.42. The number of rotatable bonds is 2. The van der Waals surface area contributed by atoms with Crippen LogP contribution < -0.4 is 0 Å². The Kier molecular flexibility index (Phi) is 2.92. The Morgan fingerprint density at radius 3 is 2.71 bits per heavy atom. The summed E-state index contributed by atoms with van der Waals surface area (Å²) < 4.78 is 22.9. The van der Waals surface area contributed by atoms with Gasteiger partial charge in [-0.25, -0.2) is 13.4 Å². The summed E-state index contributed by atoms with van der Waals surface area (Å²) >= 11 is 0.983. The van der Waals surface area contributed by atoms with Gasteiger partial charge in [-0.1, -0.05) is 0 Å². The van der Waals surface area contributed by atoms with Crippen LogP contribution in [0.2, 0.25) is 0 Å². The van der Waals surface area contributed by atoms with Crippen molar-refractivity contribution in [2.75, 3.05) is 6.26 Å². The molecular weight excluding hydrogens is 258 g/mol. The van der Waals surface area contributed by atoms with E-state index in [9.17, 15) is 8.42 Å². The monoisotopic (exact) mass is 265 g/mol. The van der Waals surface area contributed by atoms with E-state index in [1.54, 1.807) is 30.6 Å². The van der Waals surface area contributed by atoms with Crippen LogP contribution in [0.1, 0.15) is 5.69 Å². The molecule has 2 aromatic heterocycles. The zero-order valence-corrected chi connectivity index (χ0v) is 10.4. The van der Waals surface area contributed by atoms with Gasteiger partial charge in [0.1, 0.15) is 11.1 Å². The summed E-state index contributed by atoms with van der Waals surface area (Å²) in [6, 6.07) is 5.28. The van der Waals surface area contributed by atoms with Gasteiger partial charge in [0, 0.05) is 24.2 Å². The number of hydrogen-bond donors (Lipinski definition) is 0. The van der Waals surface area contributed by atoms with E-state index in [0.717, 1.165) is 17.6 Å². The van der Waals surface area contributed by atoms with Crippen molar-refractivity contribution in [1.29, 1.82) is 5.26 Å². The Bertz CT molecular complexity index is 684. The van der Waals surface area contributed by atoms with Gasteiger partial charge in [-0.05, 0) is 12.1 Å². The van der Waals surface area contributed by atoms with Gasteiger partial charge in [0.05, 0.1) is 0 Å². The van der Waals surface area contributed by atoms with Crippen LogP contribution in [-0.2, 0) is 9.84 Å². The smallest absolute Gasteiger partial charge is 0.187 e. The Hall–Kier alpha value is -1.78. The zero-order chi connectivity index (χ0) is 12.5. The summed E-state index contributed by atoms with van der Waals surface area (Å²) in [5.41, 5.74) is 0.639. The molecule has 0 aliphatic heterocycles. The lowest BCUT2D eigenvalue weighted by molar-refractivity contribution is 0.603. The number of thiazole rings is 1. The molecule has 0 atom stereocenters. The predicted octanol–water partition coefficient (Wildman–Crippen LogP) is 1.48. The van der Waals surface area contributed by atoms with Gasteiger partial charge in [-0.15, -0.1) is 11.3 Å². The normalized spacial score (nSPS) is 11.1. The van der Waals surface area contributed by atoms with E-state index in [4.69, 9.17) is 5.26 Å². The summed E-state index contributed by atoms with van der Waals surface area (Å²) in [5, 5.41) is 9.34. The molecule has 0 spiro atoms. The maximum absolute atomic E-state index is 11.5. The van der Waals surface area contributed by atoms with Crippen LogP contribution in [-0.4, -0.2) is 24.6 Å². The van der Waals surface area contributed by atoms with Crippen molar-refractivity contribution in [2.24, 2.45) is 0 Å². The second kappa shape index (κ2) is 4.24. The fourth-order valence-corrected chi connectivity index (χ4v) is 3.26. The minimum Gasteiger partial charge on any atom is -0.264 e. The molecule has 7 heteroatoms. The van der Waals surface area contributed by atoms with Crippen LogP contribution in [0.4, 0.5) is 0 Å². The summed E-state index contributed by atoms with van der Waals surface area (Å²) in [6.45, 7) is 0. The van der Waals surface area contributed by atoms with Gasteiger partial charge < -0.3 is 0 Å². The Labute approximate surface area is 102 Å². The predicted molar refractivity (Wildman–Crippen MR) is 63.2 cm³/mol. The highest BCUT2D eigenvalue weighted by Gasteiger charge is 2.20. The van der Waals surface area contributed by atoms with Gasteiger partial charge >= 0.3 is 0 Å². The number of aromatic nitrogens is 2. The van der Waals surface area contributed by atoms with E-state index < -0.39 is 9.84 Å². The summed E-state index contributed by atoms with van der Waals surface area (Å²) in [7, 11) is -3.42. The second-order valence-corrected chi connectivity index (χ2v) is 6.49. The summed E-state index contributed by atoms with van der Waals surface area (Å²) in [4.78, 5) is 7.93. The molecule has 0 bridgehead atoms. The molecule has 0 fully saturated rings. The highest BCUT2D eigenvalue weighted by molar-refractivity contribution is 7.92. The molecule has 0 radical (unpaired) electrons. The third kappa shape index (κ3) is 2.33. The van der Waals surface area contributed by atoms with Gasteiger partial charge in [0.25, 0.3) is 0 Å². The molecule has 0 amide bonds. The molecule has 0 aliphatic carbocycles. The van der Waals surface area contributed by atoms with Crippen molar-refractivity contribution in [3.8, 4) is 16.6 Å². The first-order valence-electron chi connectivity index (χ1n) is 4.54. The first-order valence-corrected chi connectivity index (χ1v) is 7.24. The third-order valence-corrected chi connectivity index (χ3v) is 4.87. The Balaban J connectivity index is 2.62. The van der Waals surface area contributed by atoms with Crippen molar-refractivity contribution < 1.29 is 8.42 Å². The Morgan fingerprint density at radius 2 is 2.24 bits per heavy atom. The third-order valence-electron chi connectivity index (χ3n) is 1.95. The lowest BCUT2D eigenvalue weighted by atomic mass is 10.3. The van der Waals surface area contributed by atoms with E-state index in [2.05, 4.69) is 9.97 Å². The van der Waals surface area contributed by atoms with Crippen molar-refractivity contribution >= 4 is 21.2 Å². The lowest BCUT2D eigenvalue weighted by Gasteiger charge is -1.92. The maximum atomic E-state index is 11.5. The number of nitrogens with zero attached hydrogens (tertiary/aromatic N) is 3. The SMILES string of the molecule is CS(=O)(=O)c1sc(-c2cccnc2)nc1C#N. The first kappa shape index (κ1) is 11.7. The molecule has 2 aromatic rings. The second-order valence-electron chi connectivity index (χ2n) is 3.28. The van der Waals surface area contributed by atoms with Gasteiger partial charge in [0.15, 0.2) is 19.7 Å². The fraction of sp³-hybridized carbons (Fsp3) is 0.100. The van der Waals surface area contributed by atoms with Crippen molar-refractivity contribution in [3.05, 3.63) is 30.2 Å². The molecule has 0 aliphatic rings. The van der Waals surface area contributed by atoms with Crippen molar-refractivity contribution in [2.45, 2.75) is 4.21 Å². The average Bonchev–Trinajstić information content (AvgIpc) is 2.74. The minimum absolute atomic E-state index is 0.00106. The lowest BCUT2D eigenvalue weighted by Crippen LogP contribution is -1.96. The topological polar surface area (TPSA) is 83.7 Å². The Morgan fingerprint density at radius 1 is 1.47 bits per heavy atom.